The van der Waals surface area contributed by atoms with E-state index in [0.29, 0.717) is 24.6 Å². The van der Waals surface area contributed by atoms with E-state index in [1.807, 2.05) is 4.90 Å². The maximum Gasteiger partial charge on any atom is 0.419 e. The van der Waals surface area contributed by atoms with Gasteiger partial charge in [-0.1, -0.05) is 18.5 Å². The van der Waals surface area contributed by atoms with Crippen molar-refractivity contribution in [3.8, 4) is 0 Å². The van der Waals surface area contributed by atoms with E-state index >= 15 is 0 Å². The number of hydrogen-bond acceptors (Lipinski definition) is 3. The van der Waals surface area contributed by atoms with E-state index in [1.54, 1.807) is 0 Å². The van der Waals surface area contributed by atoms with E-state index in [9.17, 15) is 22.8 Å². The van der Waals surface area contributed by atoms with Crippen LogP contribution in [-0.2, 0) is 11.0 Å². The molecule has 3 fully saturated rings. The second-order valence-electron chi connectivity index (χ2n) is 8.84. The Morgan fingerprint density at radius 1 is 1.19 bits per heavy atom. The number of amides is 2. The molecule has 6 nitrogen and oxygen atoms in total. The Morgan fingerprint density at radius 2 is 1.94 bits per heavy atom. The van der Waals surface area contributed by atoms with Crippen LogP contribution in [0.2, 0.25) is 5.15 Å². The second-order valence-corrected chi connectivity index (χ2v) is 9.20. The lowest BCUT2D eigenvalue weighted by Gasteiger charge is -2.46. The molecule has 1 aliphatic heterocycles. The Balaban J connectivity index is 1.45. The van der Waals surface area contributed by atoms with Crippen LogP contribution >= 0.6 is 11.6 Å². The second kappa shape index (κ2) is 7.12. The molecule has 0 bridgehead atoms. The van der Waals surface area contributed by atoms with E-state index in [1.165, 1.54) is 11.1 Å². The van der Waals surface area contributed by atoms with Gasteiger partial charge in [0.05, 0.1) is 5.56 Å². The largest absolute Gasteiger partial charge is 0.419 e. The topological polar surface area (TPSA) is 57.9 Å². The van der Waals surface area contributed by atoms with Crippen molar-refractivity contribution in [2.24, 2.45) is 5.92 Å². The number of aromatic nitrogens is 2. The molecule has 10 heteroatoms. The molecule has 5 rings (SSSR count). The zero-order valence-electron chi connectivity index (χ0n) is 17.0. The van der Waals surface area contributed by atoms with Gasteiger partial charge in [0.1, 0.15) is 11.7 Å². The number of imidazole rings is 1. The molecular weight excluding hydrogens is 433 g/mol. The summed E-state index contributed by atoms with van der Waals surface area (Å²) in [5.74, 6) is -0.254. The summed E-state index contributed by atoms with van der Waals surface area (Å²) in [6.45, 7) is 2.69. The summed E-state index contributed by atoms with van der Waals surface area (Å²) in [6, 6.07) is 1.31. The van der Waals surface area contributed by atoms with Crippen molar-refractivity contribution in [1.29, 1.82) is 0 Å². The van der Waals surface area contributed by atoms with Gasteiger partial charge in [-0.3, -0.25) is 14.0 Å². The summed E-state index contributed by atoms with van der Waals surface area (Å²) >= 11 is 6.35. The molecule has 0 aromatic carbocycles. The van der Waals surface area contributed by atoms with Crippen LogP contribution in [0.1, 0.15) is 60.1 Å². The number of carbonyl (C=O) groups is 2. The number of piperazine rings is 1. The molecule has 2 atom stereocenters. The molecule has 2 aromatic rings. The number of halogens is 4. The van der Waals surface area contributed by atoms with E-state index in [-0.39, 0.29) is 35.3 Å². The van der Waals surface area contributed by atoms with Gasteiger partial charge in [0.15, 0.2) is 11.3 Å². The lowest BCUT2D eigenvalue weighted by Crippen LogP contribution is -2.58. The number of fused-ring (bicyclic) bond motifs is 1. The Labute approximate surface area is 182 Å². The molecule has 2 saturated carbocycles. The van der Waals surface area contributed by atoms with Gasteiger partial charge >= 0.3 is 6.18 Å². The van der Waals surface area contributed by atoms with Crippen LogP contribution in [0.5, 0.6) is 0 Å². The molecular formula is C21H22ClF3N4O2. The van der Waals surface area contributed by atoms with Crippen molar-refractivity contribution in [3.05, 3.63) is 34.2 Å². The minimum Gasteiger partial charge on any atom is -0.336 e. The predicted octanol–water partition coefficient (Wildman–Crippen LogP) is 3.97. The molecule has 166 valence electrons. The molecule has 0 spiro atoms. The number of hydrogen-bond donors (Lipinski definition) is 0. The normalized spacial score (nSPS) is 24.6. The van der Waals surface area contributed by atoms with Gasteiger partial charge in [-0.2, -0.15) is 13.2 Å². The lowest BCUT2D eigenvalue weighted by molar-refractivity contribution is -0.141. The van der Waals surface area contributed by atoms with Crippen molar-refractivity contribution >= 4 is 29.1 Å². The summed E-state index contributed by atoms with van der Waals surface area (Å²) in [4.78, 5) is 32.8. The summed E-state index contributed by atoms with van der Waals surface area (Å²) in [5, 5.41) is -0.157. The minimum absolute atomic E-state index is 0.0720. The number of carbonyl (C=O) groups excluding carboxylic acids is 2. The summed E-state index contributed by atoms with van der Waals surface area (Å²) in [6.07, 6.45) is 0.610. The van der Waals surface area contributed by atoms with Gasteiger partial charge < -0.3 is 9.80 Å². The highest BCUT2D eigenvalue weighted by Gasteiger charge is 2.40. The van der Waals surface area contributed by atoms with Crippen LogP contribution < -0.4 is 0 Å². The Bertz CT molecular complexity index is 1080. The molecule has 31 heavy (non-hydrogen) atoms. The predicted molar refractivity (Wildman–Crippen MR) is 107 cm³/mol. The Hall–Kier alpha value is -2.29. The first-order valence-electron chi connectivity index (χ1n) is 10.5. The summed E-state index contributed by atoms with van der Waals surface area (Å²) in [5.41, 5.74) is -1.01. The fourth-order valence-electron chi connectivity index (χ4n) is 4.60. The third-order valence-corrected chi connectivity index (χ3v) is 7.12. The lowest BCUT2D eigenvalue weighted by atomic mass is 9.79. The standard InChI is InChI=1S/C21H22ClF3N4O2/c1-11-2-5-15(11)28-7-6-27(10-16(28)30)20(31)17-18(22)29-9-13(12-3-4-12)8-14(19(29)26-17)21(23,24)25/h8-9,11-12,15H,2-7,10H2,1H3. The SMILES string of the molecule is CC1CCC1N1CCN(C(=O)c2nc3c(C(F)(F)F)cc(C4CC4)cn3c2Cl)CC1=O. The van der Waals surface area contributed by atoms with E-state index in [4.69, 9.17) is 11.6 Å². The van der Waals surface area contributed by atoms with Crippen molar-refractivity contribution in [2.45, 2.75) is 50.7 Å². The first-order valence-corrected chi connectivity index (χ1v) is 10.9. The molecule has 1 saturated heterocycles. The van der Waals surface area contributed by atoms with Crippen LogP contribution in [0.15, 0.2) is 12.3 Å². The third-order valence-electron chi connectivity index (χ3n) is 6.76. The zero-order valence-corrected chi connectivity index (χ0v) is 17.7. The maximum absolute atomic E-state index is 13.7. The molecule has 2 aromatic heterocycles. The molecule has 2 unspecified atom stereocenters. The first kappa shape index (κ1) is 20.6. The van der Waals surface area contributed by atoms with Gasteiger partial charge in [-0.15, -0.1) is 0 Å². The van der Waals surface area contributed by atoms with Crippen molar-refractivity contribution < 1.29 is 22.8 Å². The molecule has 0 N–H and O–H groups in total. The molecule has 2 amide bonds. The number of alkyl halides is 3. The monoisotopic (exact) mass is 454 g/mol. The highest BCUT2D eigenvalue weighted by molar-refractivity contribution is 6.33. The fraction of sp³-hybridized carbons (Fsp3) is 0.571. The van der Waals surface area contributed by atoms with Crippen LogP contribution in [-0.4, -0.2) is 56.7 Å². The van der Waals surface area contributed by atoms with Gasteiger partial charge in [0.2, 0.25) is 5.91 Å². The van der Waals surface area contributed by atoms with Gasteiger partial charge in [0, 0.05) is 25.3 Å². The third kappa shape index (κ3) is 3.46. The van der Waals surface area contributed by atoms with Crippen molar-refractivity contribution in [1.82, 2.24) is 19.2 Å². The van der Waals surface area contributed by atoms with E-state index in [2.05, 4.69) is 11.9 Å². The minimum atomic E-state index is -4.62. The van der Waals surface area contributed by atoms with Crippen LogP contribution in [0.4, 0.5) is 13.2 Å². The van der Waals surface area contributed by atoms with E-state index in [0.717, 1.165) is 36.2 Å². The maximum atomic E-state index is 13.7. The average Bonchev–Trinajstić information content (AvgIpc) is 3.50. The Kier molecular flexibility index (Phi) is 4.73. The Morgan fingerprint density at radius 3 is 2.48 bits per heavy atom. The molecule has 0 radical (unpaired) electrons. The summed E-state index contributed by atoms with van der Waals surface area (Å²) < 4.78 is 42.2. The number of rotatable bonds is 3. The zero-order chi connectivity index (χ0) is 22.1. The quantitative estimate of drug-likeness (QED) is 0.705. The van der Waals surface area contributed by atoms with Gasteiger partial charge in [0.25, 0.3) is 5.91 Å². The van der Waals surface area contributed by atoms with Crippen LogP contribution in [0, 0.1) is 5.92 Å². The van der Waals surface area contributed by atoms with Gasteiger partial charge in [-0.25, -0.2) is 4.98 Å². The van der Waals surface area contributed by atoms with Crippen LogP contribution in [0.3, 0.4) is 0 Å². The first-order chi connectivity index (χ1) is 14.6. The van der Waals surface area contributed by atoms with Crippen LogP contribution in [0.25, 0.3) is 5.65 Å². The molecule has 3 heterocycles. The van der Waals surface area contributed by atoms with Crippen molar-refractivity contribution in [3.63, 3.8) is 0 Å². The van der Waals surface area contributed by atoms with E-state index < -0.39 is 23.3 Å². The summed E-state index contributed by atoms with van der Waals surface area (Å²) in [7, 11) is 0. The molecule has 3 aliphatic rings. The molecule has 2 aliphatic carbocycles. The average molecular weight is 455 g/mol. The van der Waals surface area contributed by atoms with Gasteiger partial charge in [-0.05, 0) is 49.1 Å². The number of nitrogens with zero attached hydrogens (tertiary/aromatic N) is 4. The fourth-order valence-corrected chi connectivity index (χ4v) is 4.85. The van der Waals surface area contributed by atoms with Crippen molar-refractivity contribution in [2.75, 3.05) is 19.6 Å². The highest BCUT2D eigenvalue weighted by Crippen LogP contribution is 2.43. The smallest absolute Gasteiger partial charge is 0.336 e. The number of pyridine rings is 1. The highest BCUT2D eigenvalue weighted by atomic mass is 35.5.